The fourth-order valence-corrected chi connectivity index (χ4v) is 0.0913. The fourth-order valence-electron chi connectivity index (χ4n) is 0.0304. The summed E-state index contributed by atoms with van der Waals surface area (Å²) in [5.74, 6) is 2.29. The summed E-state index contributed by atoms with van der Waals surface area (Å²) >= 11 is 0. The van der Waals surface area contributed by atoms with Crippen LogP contribution in [0.2, 0.25) is 0 Å². The Morgan fingerprint density at radius 3 is 2.50 bits per heavy atom. The highest BCUT2D eigenvalue weighted by Crippen LogP contribution is 2.00. The molecule has 32 valence electrons. The fraction of sp³-hybridized carbons (Fsp3) is 0.500. The summed E-state index contributed by atoms with van der Waals surface area (Å²) in [7, 11) is 0.0421. The van der Waals surface area contributed by atoms with Crippen LogP contribution in [0.4, 0.5) is 0 Å². The van der Waals surface area contributed by atoms with E-state index in [4.69, 9.17) is 6.42 Å². The van der Waals surface area contributed by atoms with Gasteiger partial charge in [0, 0.05) is 0 Å². The Hall–Kier alpha value is -0.340. The van der Waals surface area contributed by atoms with Gasteiger partial charge in [0.2, 0.25) is 0 Å². The number of rotatable bonds is 1. The molecule has 6 heavy (non-hydrogen) atoms. The highest BCUT2D eigenvalue weighted by Gasteiger charge is 1.87. The van der Waals surface area contributed by atoms with Gasteiger partial charge in [-0.05, 0) is 6.92 Å². The van der Waals surface area contributed by atoms with Crippen molar-refractivity contribution in [2.75, 3.05) is 0 Å². The molecule has 0 rings (SSSR count). The summed E-state index contributed by atoms with van der Waals surface area (Å²) in [6.45, 7) is 1.72. The maximum absolute atomic E-state index is 9.69. The summed E-state index contributed by atoms with van der Waals surface area (Å²) in [5.41, 5.74) is -0.120. The van der Waals surface area contributed by atoms with E-state index < -0.39 is 0 Å². The lowest BCUT2D eigenvalue weighted by molar-refractivity contribution is 0.597. The van der Waals surface area contributed by atoms with Crippen LogP contribution < -0.4 is 0 Å². The van der Waals surface area contributed by atoms with Crippen molar-refractivity contribution in [3.05, 3.63) is 0 Å². The minimum Gasteiger partial charge on any atom is -0.274 e. The molecule has 0 aromatic heterocycles. The van der Waals surface area contributed by atoms with E-state index in [2.05, 4.69) is 5.92 Å². The van der Waals surface area contributed by atoms with Crippen LogP contribution in [-0.2, 0) is 4.57 Å². The first kappa shape index (κ1) is 5.66. The molecule has 0 aromatic carbocycles. The van der Waals surface area contributed by atoms with E-state index in [1.54, 1.807) is 6.92 Å². The third-order valence-electron chi connectivity index (χ3n) is 0.399. The zero-order valence-electron chi connectivity index (χ0n) is 3.51. The van der Waals surface area contributed by atoms with Crippen molar-refractivity contribution in [3.63, 3.8) is 0 Å². The monoisotopic (exact) mass is 100 g/mol. The van der Waals surface area contributed by atoms with Crippen molar-refractivity contribution >= 4 is 8.46 Å². The van der Waals surface area contributed by atoms with E-state index >= 15 is 0 Å². The summed E-state index contributed by atoms with van der Waals surface area (Å²) in [6, 6.07) is 0. The molecule has 0 fully saturated rings. The zero-order valence-corrected chi connectivity index (χ0v) is 4.40. The van der Waals surface area contributed by atoms with E-state index in [-0.39, 0.29) is 14.1 Å². The molecule has 0 aliphatic carbocycles. The van der Waals surface area contributed by atoms with Crippen LogP contribution >= 0.6 is 8.46 Å². The van der Waals surface area contributed by atoms with Gasteiger partial charge in [-0.3, -0.25) is 4.57 Å². The molecule has 0 aliphatic heterocycles. The van der Waals surface area contributed by atoms with Crippen LogP contribution in [0, 0.1) is 12.3 Å². The van der Waals surface area contributed by atoms with Gasteiger partial charge in [-0.2, -0.15) is 0 Å². The van der Waals surface area contributed by atoms with Gasteiger partial charge in [-0.25, -0.2) is 0 Å². The second-order valence-electron chi connectivity index (χ2n) is 0.948. The van der Waals surface area contributed by atoms with E-state index in [0.29, 0.717) is 0 Å². The van der Waals surface area contributed by atoms with Crippen LogP contribution in [0.1, 0.15) is 6.92 Å². The molecule has 2 heteroatoms. The first-order valence-corrected chi connectivity index (χ1v) is 2.48. The maximum Gasteiger partial charge on any atom is 0.171 e. The van der Waals surface area contributed by atoms with Gasteiger partial charge >= 0.3 is 0 Å². The van der Waals surface area contributed by atoms with Crippen molar-refractivity contribution in [2.45, 2.75) is 12.6 Å². The Morgan fingerprint density at radius 1 is 2.00 bits per heavy atom. The van der Waals surface area contributed by atoms with Crippen molar-refractivity contribution in [3.8, 4) is 12.3 Å². The molecule has 0 aliphatic rings. The van der Waals surface area contributed by atoms with Gasteiger partial charge in [0.25, 0.3) is 0 Å². The lowest BCUT2D eigenvalue weighted by atomic mass is 10.5. The molecular formula is C4H5OP. The van der Waals surface area contributed by atoms with E-state index in [1.807, 2.05) is 0 Å². The lowest BCUT2D eigenvalue weighted by Gasteiger charge is -1.77. The third-order valence-corrected chi connectivity index (χ3v) is 0.865. The number of hydrogen-bond donors (Lipinski definition) is 0. The normalized spacial score (nSPS) is 13.3. The molecule has 0 bridgehead atoms. The zero-order chi connectivity index (χ0) is 4.99. The van der Waals surface area contributed by atoms with Gasteiger partial charge in [-0.1, -0.05) is 5.92 Å². The first-order valence-electron chi connectivity index (χ1n) is 1.60. The minimum absolute atomic E-state index is 0.0421. The second kappa shape index (κ2) is 2.87. The highest BCUT2D eigenvalue weighted by molar-refractivity contribution is 7.25. The van der Waals surface area contributed by atoms with Crippen LogP contribution in [0.3, 0.4) is 0 Å². The quantitative estimate of drug-likeness (QED) is 0.358. The van der Waals surface area contributed by atoms with Crippen molar-refractivity contribution in [1.82, 2.24) is 0 Å². The van der Waals surface area contributed by atoms with E-state index in [0.717, 1.165) is 0 Å². The summed E-state index contributed by atoms with van der Waals surface area (Å²) in [4.78, 5) is 0. The molecule has 0 aromatic rings. The lowest BCUT2D eigenvalue weighted by Crippen LogP contribution is -1.78. The van der Waals surface area contributed by atoms with Crippen LogP contribution in [0.15, 0.2) is 0 Å². The van der Waals surface area contributed by atoms with Gasteiger partial charge in [-0.15, -0.1) is 6.42 Å². The largest absolute Gasteiger partial charge is 0.274 e. The Bertz CT molecular complexity index is 82.0. The topological polar surface area (TPSA) is 17.1 Å². The Labute approximate surface area is 39.0 Å². The molecule has 0 saturated heterocycles. The van der Waals surface area contributed by atoms with Crippen molar-refractivity contribution in [1.29, 1.82) is 0 Å². The smallest absolute Gasteiger partial charge is 0.171 e. The Kier molecular flexibility index (Phi) is 2.71. The number of hydrogen-bond acceptors (Lipinski definition) is 1. The number of terminal acetylenes is 1. The molecule has 0 saturated carbocycles. The Balaban J connectivity index is 3.30. The predicted octanol–water partition coefficient (Wildman–Crippen LogP) is 1.30. The van der Waals surface area contributed by atoms with Crippen molar-refractivity contribution < 1.29 is 4.57 Å². The average molecular weight is 100 g/mol. The van der Waals surface area contributed by atoms with Gasteiger partial charge < -0.3 is 0 Å². The van der Waals surface area contributed by atoms with Crippen molar-refractivity contribution in [2.24, 2.45) is 0 Å². The molecule has 0 N–H and O–H groups in total. The van der Waals surface area contributed by atoms with Crippen LogP contribution in [0.5, 0.6) is 0 Å². The molecule has 1 nitrogen and oxygen atoms in total. The Morgan fingerprint density at radius 2 is 2.50 bits per heavy atom. The van der Waals surface area contributed by atoms with Gasteiger partial charge in [0.1, 0.15) is 0 Å². The molecule has 0 amide bonds. The SMILES string of the molecule is C#CC(C)P=O. The molecule has 1 atom stereocenters. The summed E-state index contributed by atoms with van der Waals surface area (Å²) in [5, 5.41) is 0. The summed E-state index contributed by atoms with van der Waals surface area (Å²) in [6.07, 6.45) is 4.83. The molecule has 1 unspecified atom stereocenters. The van der Waals surface area contributed by atoms with Crippen LogP contribution in [0.25, 0.3) is 0 Å². The van der Waals surface area contributed by atoms with E-state index in [9.17, 15) is 4.57 Å². The molecular weight excluding hydrogens is 95.0 g/mol. The second-order valence-corrected chi connectivity index (χ2v) is 1.93. The highest BCUT2D eigenvalue weighted by atomic mass is 31.1. The van der Waals surface area contributed by atoms with Gasteiger partial charge in [0.15, 0.2) is 8.46 Å². The van der Waals surface area contributed by atoms with Gasteiger partial charge in [0.05, 0.1) is 5.66 Å². The predicted molar refractivity (Wildman–Crippen MR) is 25.9 cm³/mol. The van der Waals surface area contributed by atoms with Crippen LogP contribution in [-0.4, -0.2) is 5.66 Å². The standard InChI is InChI=1S/C4H5OP/c1-3-4(2)6-5/h1,4H,2H3. The minimum atomic E-state index is -0.120. The third kappa shape index (κ3) is 1.93. The molecule has 0 heterocycles. The first-order chi connectivity index (χ1) is 2.81. The van der Waals surface area contributed by atoms with E-state index in [1.165, 1.54) is 0 Å². The average Bonchev–Trinajstić information content (AvgIpc) is 1.65. The molecule has 0 spiro atoms. The molecule has 0 radical (unpaired) electrons. The summed E-state index contributed by atoms with van der Waals surface area (Å²) < 4.78 is 9.69. The maximum atomic E-state index is 9.69.